The number of esters is 1. The quantitative estimate of drug-likeness (QED) is 0.108. The Balaban J connectivity index is 1.51. The minimum Gasteiger partial charge on any atom is -0.465 e. The molecule has 0 amide bonds. The van der Waals surface area contributed by atoms with E-state index in [-0.39, 0.29) is 80.4 Å². The van der Waals surface area contributed by atoms with Gasteiger partial charge in [0.2, 0.25) is 0 Å². The lowest BCUT2D eigenvalue weighted by molar-refractivity contribution is -0.281. The maximum atomic E-state index is 14.9. The van der Waals surface area contributed by atoms with Gasteiger partial charge in [0.25, 0.3) is 0 Å². The molecule has 0 aliphatic carbocycles. The van der Waals surface area contributed by atoms with Gasteiger partial charge in [-0.15, -0.1) is 0 Å². The Morgan fingerprint density at radius 3 is 1.88 bits per heavy atom. The number of ether oxygens (including phenoxy) is 3. The Morgan fingerprint density at radius 2 is 1.32 bits per heavy atom. The van der Waals surface area contributed by atoms with Crippen LogP contribution in [0.5, 0.6) is 0 Å². The summed E-state index contributed by atoms with van der Waals surface area (Å²) in [6, 6.07) is 0.00949. The number of ketones is 1. The lowest BCUT2D eigenvalue weighted by Gasteiger charge is -2.44. The molecule has 5 heterocycles. The maximum absolute atomic E-state index is 14.9. The van der Waals surface area contributed by atoms with E-state index in [0.29, 0.717) is 58.2 Å². The van der Waals surface area contributed by atoms with Gasteiger partial charge in [-0.2, -0.15) is 0 Å². The lowest BCUT2D eigenvalue weighted by atomic mass is 9.75. The Morgan fingerprint density at radius 1 is 0.754 bits per heavy atom. The summed E-state index contributed by atoms with van der Waals surface area (Å²) in [5.74, 6) is -1.43. The van der Waals surface area contributed by atoms with Crippen LogP contribution in [-0.2, 0) is 23.8 Å². The Bertz CT molecular complexity index is 1530. The van der Waals surface area contributed by atoms with Crippen molar-refractivity contribution in [3.8, 4) is 0 Å². The summed E-state index contributed by atoms with van der Waals surface area (Å²) >= 11 is 0. The number of nitrogens with zero attached hydrogens (tertiary/aromatic N) is 5. The number of aliphatic hydroxyl groups excluding tert-OH is 5. The van der Waals surface area contributed by atoms with Crippen molar-refractivity contribution in [2.24, 2.45) is 23.7 Å². The summed E-state index contributed by atoms with van der Waals surface area (Å²) < 4.78 is 18.6. The average molecular weight is 976 g/mol. The number of piperidine rings is 3. The average Bonchev–Trinajstić information content (AvgIpc) is 3.34. The normalized spacial score (nSPS) is 33.0. The number of rotatable bonds is 20. The molecule has 0 radical (unpaired) electrons. The molecule has 0 bridgehead atoms. The molecular weight excluding hydrogens is 879 g/mol. The minimum absolute atomic E-state index is 0.0508. The van der Waals surface area contributed by atoms with Crippen LogP contribution >= 0.6 is 0 Å². The van der Waals surface area contributed by atoms with Crippen molar-refractivity contribution >= 4 is 11.8 Å². The highest BCUT2D eigenvalue weighted by Gasteiger charge is 2.45. The van der Waals surface area contributed by atoms with Crippen LogP contribution in [-0.4, -0.2) is 216 Å². The second kappa shape index (κ2) is 30.4. The van der Waals surface area contributed by atoms with Crippen LogP contribution in [0, 0.1) is 23.7 Å². The van der Waals surface area contributed by atoms with Crippen molar-refractivity contribution in [3.63, 3.8) is 0 Å². The first-order valence-electron chi connectivity index (χ1n) is 27.4. The van der Waals surface area contributed by atoms with Crippen LogP contribution in [0.2, 0.25) is 0 Å². The molecule has 69 heavy (non-hydrogen) atoms. The zero-order valence-electron chi connectivity index (χ0n) is 43.8. The van der Waals surface area contributed by atoms with E-state index in [9.17, 15) is 35.1 Å². The molecule has 15 heteroatoms. The summed E-state index contributed by atoms with van der Waals surface area (Å²) in [6.07, 6.45) is 15.6. The Hall–Kier alpha value is -1.86. The number of likely N-dealkylation sites (tertiary alicyclic amines) is 3. The number of cyclic esters (lactones) is 1. The highest BCUT2D eigenvalue weighted by atomic mass is 16.7. The van der Waals surface area contributed by atoms with E-state index in [1.165, 1.54) is 19.3 Å². The Labute approximate surface area is 416 Å². The largest absolute Gasteiger partial charge is 0.465 e. The molecule has 8 unspecified atom stereocenters. The summed E-state index contributed by atoms with van der Waals surface area (Å²) in [7, 11) is 3.64. The van der Waals surface area contributed by atoms with Gasteiger partial charge in [-0.05, 0) is 182 Å². The van der Waals surface area contributed by atoms with Gasteiger partial charge in [0, 0.05) is 49.6 Å². The number of likely N-dealkylation sites (N-methyl/N-ethyl adjacent to an activating group) is 1. The van der Waals surface area contributed by atoms with Gasteiger partial charge >= 0.3 is 5.97 Å². The second-order valence-electron chi connectivity index (χ2n) is 22.0. The SMILES string of the molecule is CC(CC1=CC(CN(CCO)CCO)COC(=O)CC(O)C(CC(C)N2CCCCC2)C(CCO[C@@H]2O[C@H](C)[C@@H](O)[C@H](N(C)C)[C@H]2O)CCC(CC(C)N2CCCCC2)C(=O)C=C1)N1CCCCC1. The Kier molecular flexibility index (Phi) is 25.5. The molecule has 0 spiro atoms. The van der Waals surface area contributed by atoms with Crippen molar-refractivity contribution in [2.45, 2.75) is 185 Å². The van der Waals surface area contributed by atoms with E-state index in [2.05, 4.69) is 41.5 Å². The van der Waals surface area contributed by atoms with E-state index in [1.54, 1.807) is 17.9 Å². The molecule has 5 aliphatic heterocycles. The van der Waals surface area contributed by atoms with Crippen LogP contribution in [0.4, 0.5) is 0 Å². The van der Waals surface area contributed by atoms with Crippen molar-refractivity contribution in [2.75, 3.05) is 99.4 Å². The van der Waals surface area contributed by atoms with Gasteiger partial charge in [0.1, 0.15) is 6.10 Å². The first-order valence-corrected chi connectivity index (χ1v) is 27.4. The monoisotopic (exact) mass is 976 g/mol. The molecule has 5 aliphatic rings. The fraction of sp³-hybridized carbons (Fsp3) is 0.889. The topological polar surface area (TPSA) is 179 Å². The molecule has 0 aromatic rings. The second-order valence-corrected chi connectivity index (χ2v) is 22.0. The van der Waals surface area contributed by atoms with Crippen LogP contribution in [0.25, 0.3) is 0 Å². The molecule has 398 valence electrons. The van der Waals surface area contributed by atoms with Gasteiger partial charge in [-0.3, -0.25) is 14.5 Å². The molecule has 13 atom stereocenters. The molecule has 0 aromatic heterocycles. The molecule has 4 saturated heterocycles. The molecule has 5 N–H and O–H groups in total. The van der Waals surface area contributed by atoms with Crippen molar-refractivity contribution < 1.29 is 49.3 Å². The van der Waals surface area contributed by atoms with Crippen LogP contribution < -0.4 is 0 Å². The van der Waals surface area contributed by atoms with Crippen LogP contribution in [0.3, 0.4) is 0 Å². The van der Waals surface area contributed by atoms with E-state index < -0.39 is 42.7 Å². The predicted octanol–water partition coefficient (Wildman–Crippen LogP) is 4.47. The van der Waals surface area contributed by atoms with E-state index in [4.69, 9.17) is 14.2 Å². The van der Waals surface area contributed by atoms with E-state index in [1.807, 2.05) is 25.1 Å². The number of carbonyl (C=O) groups excluding carboxylic acids is 2. The third-order valence-electron chi connectivity index (χ3n) is 16.4. The summed E-state index contributed by atoms with van der Waals surface area (Å²) in [5, 5.41) is 54.7. The van der Waals surface area contributed by atoms with Crippen LogP contribution in [0.1, 0.15) is 130 Å². The van der Waals surface area contributed by atoms with Gasteiger partial charge in [0.15, 0.2) is 12.1 Å². The third kappa shape index (κ3) is 18.5. The standard InChI is InChI=1S/C54H97N5O10/c1-39(57-21-10-7-11-22-57)32-43-16-19-48(62)46(33-40(2)58-23-12-8-13-24-58)18-17-45(20-31-67-54-53(66)51(55(5)6)52(65)42(4)69-54)47(34-41(3)59-25-14-9-15-26-59)49(63)36-50(64)68-38-44(35-43)37-56(27-29-60)28-30-61/h16,19,35,39-42,44-47,49,51-54,60-61,63,65-66H,7-15,17-18,20-34,36-38H2,1-6H3/t39?,40?,41?,42-,44?,45?,46?,47?,49?,51+,52-,53-,54-/m1/s1. The predicted molar refractivity (Wildman–Crippen MR) is 271 cm³/mol. The fourth-order valence-corrected chi connectivity index (χ4v) is 12.2. The van der Waals surface area contributed by atoms with Crippen molar-refractivity contribution in [3.05, 3.63) is 23.8 Å². The molecule has 15 nitrogen and oxygen atoms in total. The molecule has 5 rings (SSSR count). The van der Waals surface area contributed by atoms with E-state index in [0.717, 1.165) is 83.4 Å². The highest BCUT2D eigenvalue weighted by molar-refractivity contribution is 5.92. The van der Waals surface area contributed by atoms with Crippen LogP contribution in [0.15, 0.2) is 23.8 Å². The fourth-order valence-electron chi connectivity index (χ4n) is 12.2. The smallest absolute Gasteiger partial charge is 0.308 e. The number of hydrogen-bond donors (Lipinski definition) is 5. The zero-order chi connectivity index (χ0) is 49.9. The number of aliphatic hydroxyl groups is 5. The van der Waals surface area contributed by atoms with Gasteiger partial charge in [0.05, 0.1) is 57.2 Å². The molecular formula is C54H97N5O10. The third-order valence-corrected chi connectivity index (χ3v) is 16.4. The first kappa shape index (κ1) is 58.0. The molecule has 0 aromatic carbocycles. The molecule has 4 fully saturated rings. The molecule has 0 saturated carbocycles. The maximum Gasteiger partial charge on any atom is 0.308 e. The lowest BCUT2D eigenvalue weighted by Crippen LogP contribution is -2.62. The van der Waals surface area contributed by atoms with Gasteiger partial charge in [-0.1, -0.05) is 31.4 Å². The van der Waals surface area contributed by atoms with E-state index >= 15 is 0 Å². The number of carbonyl (C=O) groups is 2. The zero-order valence-corrected chi connectivity index (χ0v) is 43.8. The van der Waals surface area contributed by atoms with Gasteiger partial charge in [-0.25, -0.2) is 0 Å². The number of hydrogen-bond acceptors (Lipinski definition) is 15. The summed E-state index contributed by atoms with van der Waals surface area (Å²) in [6.45, 7) is 15.9. The number of allylic oxidation sites excluding steroid dienone is 2. The highest BCUT2D eigenvalue weighted by Crippen LogP contribution is 2.36. The summed E-state index contributed by atoms with van der Waals surface area (Å²) in [4.78, 5) is 40.4. The first-order chi connectivity index (χ1) is 33.2. The minimum atomic E-state index is -1.09. The van der Waals surface area contributed by atoms with Gasteiger partial charge < -0.3 is 59.3 Å². The summed E-state index contributed by atoms with van der Waals surface area (Å²) in [5.41, 5.74) is 0.998. The van der Waals surface area contributed by atoms with Crippen molar-refractivity contribution in [1.29, 1.82) is 0 Å². The van der Waals surface area contributed by atoms with Crippen molar-refractivity contribution in [1.82, 2.24) is 24.5 Å².